The third kappa shape index (κ3) is 2.85. The molecule has 1 heterocycles. The van der Waals surface area contributed by atoms with Crippen LogP contribution < -0.4 is 5.56 Å². The monoisotopic (exact) mass is 323 g/mol. The van der Waals surface area contributed by atoms with Crippen molar-refractivity contribution in [2.45, 2.75) is 5.92 Å². The van der Waals surface area contributed by atoms with Crippen molar-refractivity contribution in [3.8, 4) is 6.07 Å². The Kier molecular flexibility index (Phi) is 3.92. The summed E-state index contributed by atoms with van der Waals surface area (Å²) in [6.07, 6.45) is 0. The number of aromatic nitrogens is 2. The zero-order valence-corrected chi connectivity index (χ0v) is 12.5. The van der Waals surface area contributed by atoms with E-state index in [1.165, 1.54) is 6.07 Å². The van der Waals surface area contributed by atoms with Gasteiger partial charge in [0.05, 0.1) is 17.0 Å². The van der Waals surface area contributed by atoms with Crippen molar-refractivity contribution in [3.05, 3.63) is 75.3 Å². The van der Waals surface area contributed by atoms with Gasteiger partial charge in [0.2, 0.25) is 0 Å². The van der Waals surface area contributed by atoms with E-state index in [-0.39, 0.29) is 11.4 Å². The van der Waals surface area contributed by atoms with Gasteiger partial charge < -0.3 is 4.98 Å². The number of carbonyl (C=O) groups excluding carboxylic acids is 1. The Morgan fingerprint density at radius 2 is 2.00 bits per heavy atom. The largest absolute Gasteiger partial charge is 0.308 e. The molecule has 1 unspecified atom stereocenters. The molecule has 5 nitrogen and oxygen atoms in total. The lowest BCUT2D eigenvalue weighted by Gasteiger charge is -2.09. The number of hydrogen-bond donors (Lipinski definition) is 1. The van der Waals surface area contributed by atoms with Crippen LogP contribution >= 0.6 is 11.6 Å². The Balaban J connectivity index is 2.10. The summed E-state index contributed by atoms with van der Waals surface area (Å²) in [6, 6.07) is 15.0. The third-order valence-electron chi connectivity index (χ3n) is 3.41. The number of nitrogens with one attached hydrogen (secondary N) is 1. The van der Waals surface area contributed by atoms with Crippen LogP contribution in [0.1, 0.15) is 22.1 Å². The Hall–Kier alpha value is -2.97. The summed E-state index contributed by atoms with van der Waals surface area (Å²) < 4.78 is 0. The predicted molar refractivity (Wildman–Crippen MR) is 86.5 cm³/mol. The van der Waals surface area contributed by atoms with E-state index in [0.717, 1.165) is 0 Å². The first-order valence-corrected chi connectivity index (χ1v) is 7.16. The van der Waals surface area contributed by atoms with Gasteiger partial charge in [-0.05, 0) is 24.3 Å². The highest BCUT2D eigenvalue weighted by Gasteiger charge is 2.25. The molecule has 1 N–H and O–H groups in total. The molecule has 0 spiro atoms. The highest BCUT2D eigenvalue weighted by atomic mass is 35.5. The number of H-pyrrole nitrogens is 1. The third-order valence-corrected chi connectivity index (χ3v) is 3.64. The quantitative estimate of drug-likeness (QED) is 0.750. The zero-order chi connectivity index (χ0) is 16.4. The molecule has 3 rings (SSSR count). The number of ketones is 1. The number of carbonyl (C=O) groups is 1. The summed E-state index contributed by atoms with van der Waals surface area (Å²) >= 11 is 5.88. The van der Waals surface area contributed by atoms with Crippen LogP contribution in [0.4, 0.5) is 0 Å². The van der Waals surface area contributed by atoms with E-state index in [0.29, 0.717) is 21.5 Å². The number of halogens is 1. The molecule has 0 radical (unpaired) electrons. The molecule has 0 aliphatic heterocycles. The number of Topliss-reactive ketones (excluding diaryl/α,β-unsaturated/α-hetero) is 1. The van der Waals surface area contributed by atoms with Gasteiger partial charge >= 0.3 is 0 Å². The van der Waals surface area contributed by atoms with Gasteiger partial charge in [0.15, 0.2) is 11.7 Å². The lowest BCUT2D eigenvalue weighted by molar-refractivity contribution is 0.0976. The molecular weight excluding hydrogens is 314 g/mol. The fraction of sp³-hybridized carbons (Fsp3) is 0.0588. The number of rotatable bonds is 3. The Labute approximate surface area is 136 Å². The number of hydrogen-bond acceptors (Lipinski definition) is 4. The van der Waals surface area contributed by atoms with Crippen LogP contribution in [0.2, 0.25) is 5.02 Å². The molecule has 0 aliphatic rings. The number of para-hydroxylation sites is 1. The highest BCUT2D eigenvalue weighted by Crippen LogP contribution is 2.20. The van der Waals surface area contributed by atoms with Gasteiger partial charge in [-0.3, -0.25) is 9.59 Å². The normalized spacial score (nSPS) is 11.8. The van der Waals surface area contributed by atoms with Crippen LogP contribution in [0.15, 0.2) is 53.3 Å². The number of aromatic amines is 1. The van der Waals surface area contributed by atoms with Crippen LogP contribution in [0, 0.1) is 11.3 Å². The van der Waals surface area contributed by atoms with Crippen molar-refractivity contribution in [2.24, 2.45) is 0 Å². The van der Waals surface area contributed by atoms with Gasteiger partial charge in [-0.15, -0.1) is 0 Å². The van der Waals surface area contributed by atoms with E-state index >= 15 is 0 Å². The number of nitrogens with zero attached hydrogens (tertiary/aromatic N) is 2. The van der Waals surface area contributed by atoms with Crippen molar-refractivity contribution in [1.29, 1.82) is 5.26 Å². The summed E-state index contributed by atoms with van der Waals surface area (Å²) in [4.78, 5) is 31.4. The molecule has 0 saturated carbocycles. The highest BCUT2D eigenvalue weighted by molar-refractivity contribution is 6.31. The predicted octanol–water partition coefficient (Wildman–Crippen LogP) is 3.07. The van der Waals surface area contributed by atoms with E-state index in [1.807, 2.05) is 6.07 Å². The summed E-state index contributed by atoms with van der Waals surface area (Å²) in [6.45, 7) is 0. The molecule has 0 bridgehead atoms. The number of benzene rings is 2. The first kappa shape index (κ1) is 14.9. The summed E-state index contributed by atoms with van der Waals surface area (Å²) in [5.74, 6) is -1.64. The van der Waals surface area contributed by atoms with Gasteiger partial charge in [-0.2, -0.15) is 5.26 Å². The SMILES string of the molecule is N#CC(C(=O)c1cccc(Cl)c1)c1nc2ccccc2c(=O)[nH]1. The molecule has 0 fully saturated rings. The molecular formula is C17H10ClN3O2. The van der Waals surface area contributed by atoms with Gasteiger partial charge in [-0.1, -0.05) is 35.9 Å². The van der Waals surface area contributed by atoms with Crippen LogP contribution in [0.5, 0.6) is 0 Å². The molecule has 112 valence electrons. The minimum atomic E-state index is -1.20. The van der Waals surface area contributed by atoms with Crippen LogP contribution in [0.25, 0.3) is 10.9 Å². The van der Waals surface area contributed by atoms with Gasteiger partial charge in [0, 0.05) is 10.6 Å². The second kappa shape index (κ2) is 6.03. The lowest BCUT2D eigenvalue weighted by Crippen LogP contribution is -2.19. The second-order valence-electron chi connectivity index (χ2n) is 4.91. The maximum absolute atomic E-state index is 12.5. The van der Waals surface area contributed by atoms with Crippen molar-refractivity contribution in [3.63, 3.8) is 0 Å². The zero-order valence-electron chi connectivity index (χ0n) is 11.8. The van der Waals surface area contributed by atoms with E-state index in [9.17, 15) is 14.9 Å². The molecule has 3 aromatic rings. The standard InChI is InChI=1S/C17H10ClN3O2/c18-11-5-3-4-10(8-11)15(22)13(9-19)16-20-14-7-2-1-6-12(14)17(23)21-16/h1-8,13H,(H,20,21,23). The Morgan fingerprint density at radius 1 is 1.22 bits per heavy atom. The molecule has 1 atom stereocenters. The molecule has 0 aliphatic carbocycles. The first-order chi connectivity index (χ1) is 11.1. The maximum Gasteiger partial charge on any atom is 0.258 e. The van der Waals surface area contributed by atoms with E-state index < -0.39 is 11.7 Å². The lowest BCUT2D eigenvalue weighted by atomic mass is 9.98. The van der Waals surface area contributed by atoms with Crippen molar-refractivity contribution in [1.82, 2.24) is 9.97 Å². The van der Waals surface area contributed by atoms with Crippen LogP contribution in [0.3, 0.4) is 0 Å². The topological polar surface area (TPSA) is 86.6 Å². The number of nitriles is 1. The Bertz CT molecular complexity index is 1000. The second-order valence-corrected chi connectivity index (χ2v) is 5.34. The average molecular weight is 324 g/mol. The Morgan fingerprint density at radius 3 is 2.74 bits per heavy atom. The van der Waals surface area contributed by atoms with E-state index in [4.69, 9.17) is 11.6 Å². The van der Waals surface area contributed by atoms with Crippen LogP contribution in [-0.2, 0) is 0 Å². The summed E-state index contributed by atoms with van der Waals surface area (Å²) in [5, 5.41) is 10.2. The minimum Gasteiger partial charge on any atom is -0.308 e. The molecule has 2 aromatic carbocycles. The van der Waals surface area contributed by atoms with Gasteiger partial charge in [0.25, 0.3) is 5.56 Å². The average Bonchev–Trinajstić information content (AvgIpc) is 2.55. The van der Waals surface area contributed by atoms with Crippen molar-refractivity contribution >= 4 is 28.3 Å². The first-order valence-electron chi connectivity index (χ1n) is 6.78. The smallest absolute Gasteiger partial charge is 0.258 e. The molecule has 0 saturated heterocycles. The fourth-order valence-corrected chi connectivity index (χ4v) is 2.48. The van der Waals surface area contributed by atoms with Crippen molar-refractivity contribution in [2.75, 3.05) is 0 Å². The summed E-state index contributed by atoms with van der Waals surface area (Å²) in [5.41, 5.74) is 0.343. The van der Waals surface area contributed by atoms with E-state index in [1.54, 1.807) is 42.5 Å². The molecule has 6 heteroatoms. The number of fused-ring (bicyclic) bond motifs is 1. The molecule has 1 aromatic heterocycles. The summed E-state index contributed by atoms with van der Waals surface area (Å²) in [7, 11) is 0. The molecule has 23 heavy (non-hydrogen) atoms. The molecule has 0 amide bonds. The van der Waals surface area contributed by atoms with Gasteiger partial charge in [-0.25, -0.2) is 4.98 Å². The minimum absolute atomic E-state index is 0.0289. The van der Waals surface area contributed by atoms with Crippen LogP contribution in [-0.4, -0.2) is 15.8 Å². The van der Waals surface area contributed by atoms with Gasteiger partial charge in [0.1, 0.15) is 5.82 Å². The van der Waals surface area contributed by atoms with Crippen molar-refractivity contribution < 1.29 is 4.79 Å². The van der Waals surface area contributed by atoms with E-state index in [2.05, 4.69) is 9.97 Å². The fourth-order valence-electron chi connectivity index (χ4n) is 2.29. The maximum atomic E-state index is 12.5.